The second kappa shape index (κ2) is 5.72. The van der Waals surface area contributed by atoms with Crippen LogP contribution in [0.25, 0.3) is 0 Å². The standard InChI is InChI=1S/C12H25NO/c1-9-5-6-12(10(2)7-9)13-8-11(3)14-4/h9-13H,5-8H2,1-4H3. The number of methoxy groups -OCH3 is 1. The molecule has 1 fully saturated rings. The predicted molar refractivity (Wildman–Crippen MR) is 60.4 cm³/mol. The average molecular weight is 199 g/mol. The van der Waals surface area contributed by atoms with Gasteiger partial charge >= 0.3 is 0 Å². The van der Waals surface area contributed by atoms with Crippen molar-refractivity contribution in [3.8, 4) is 0 Å². The first-order valence-corrected chi connectivity index (χ1v) is 5.89. The van der Waals surface area contributed by atoms with Crippen molar-refractivity contribution in [2.24, 2.45) is 11.8 Å². The van der Waals surface area contributed by atoms with E-state index in [1.807, 2.05) is 0 Å². The lowest BCUT2D eigenvalue weighted by Crippen LogP contribution is -2.42. The summed E-state index contributed by atoms with van der Waals surface area (Å²) in [4.78, 5) is 0. The van der Waals surface area contributed by atoms with Gasteiger partial charge < -0.3 is 10.1 Å². The number of hydrogen-bond acceptors (Lipinski definition) is 2. The fourth-order valence-electron chi connectivity index (χ4n) is 2.37. The van der Waals surface area contributed by atoms with E-state index >= 15 is 0 Å². The van der Waals surface area contributed by atoms with Gasteiger partial charge in [0.05, 0.1) is 6.10 Å². The first-order valence-electron chi connectivity index (χ1n) is 5.89. The van der Waals surface area contributed by atoms with E-state index in [9.17, 15) is 0 Å². The summed E-state index contributed by atoms with van der Waals surface area (Å²) in [7, 11) is 1.78. The summed E-state index contributed by atoms with van der Waals surface area (Å²) >= 11 is 0. The lowest BCUT2D eigenvalue weighted by molar-refractivity contribution is 0.106. The molecule has 0 radical (unpaired) electrons. The Morgan fingerprint density at radius 1 is 1.36 bits per heavy atom. The third-order valence-electron chi connectivity index (χ3n) is 3.50. The minimum Gasteiger partial charge on any atom is -0.380 e. The smallest absolute Gasteiger partial charge is 0.0667 e. The zero-order valence-electron chi connectivity index (χ0n) is 10.0. The quantitative estimate of drug-likeness (QED) is 0.751. The molecule has 0 bridgehead atoms. The van der Waals surface area contributed by atoms with Crippen LogP contribution in [-0.2, 0) is 4.74 Å². The molecule has 0 spiro atoms. The van der Waals surface area contributed by atoms with E-state index in [1.165, 1.54) is 19.3 Å². The molecule has 0 saturated heterocycles. The van der Waals surface area contributed by atoms with Crippen molar-refractivity contribution in [2.75, 3.05) is 13.7 Å². The van der Waals surface area contributed by atoms with E-state index < -0.39 is 0 Å². The van der Waals surface area contributed by atoms with Crippen molar-refractivity contribution in [2.45, 2.75) is 52.2 Å². The van der Waals surface area contributed by atoms with Crippen LogP contribution in [0.2, 0.25) is 0 Å². The Hall–Kier alpha value is -0.0800. The van der Waals surface area contributed by atoms with E-state index in [2.05, 4.69) is 26.1 Å². The molecule has 1 aliphatic carbocycles. The molecule has 2 heteroatoms. The Kier molecular flexibility index (Phi) is 4.90. The highest BCUT2D eigenvalue weighted by molar-refractivity contribution is 4.81. The maximum Gasteiger partial charge on any atom is 0.0667 e. The highest BCUT2D eigenvalue weighted by Crippen LogP contribution is 2.28. The second-order valence-corrected chi connectivity index (χ2v) is 4.96. The van der Waals surface area contributed by atoms with Gasteiger partial charge in [-0.15, -0.1) is 0 Å². The zero-order chi connectivity index (χ0) is 10.6. The Morgan fingerprint density at radius 3 is 2.64 bits per heavy atom. The van der Waals surface area contributed by atoms with Gasteiger partial charge in [0.25, 0.3) is 0 Å². The van der Waals surface area contributed by atoms with Gasteiger partial charge in [0.2, 0.25) is 0 Å². The van der Waals surface area contributed by atoms with Crippen LogP contribution in [0.4, 0.5) is 0 Å². The van der Waals surface area contributed by atoms with Crippen molar-refractivity contribution in [1.29, 1.82) is 0 Å². The summed E-state index contributed by atoms with van der Waals surface area (Å²) in [6.07, 6.45) is 4.42. The van der Waals surface area contributed by atoms with Crippen LogP contribution in [0.1, 0.15) is 40.0 Å². The Balaban J connectivity index is 2.24. The van der Waals surface area contributed by atoms with Gasteiger partial charge in [-0.3, -0.25) is 0 Å². The molecule has 0 heterocycles. The lowest BCUT2D eigenvalue weighted by atomic mass is 9.80. The molecule has 4 atom stereocenters. The van der Waals surface area contributed by atoms with Gasteiger partial charge in [0.15, 0.2) is 0 Å². The minimum atomic E-state index is 0.335. The highest BCUT2D eigenvalue weighted by Gasteiger charge is 2.24. The zero-order valence-corrected chi connectivity index (χ0v) is 10.0. The summed E-state index contributed by atoms with van der Waals surface area (Å²) in [5.74, 6) is 1.74. The van der Waals surface area contributed by atoms with Gasteiger partial charge in [0, 0.05) is 19.7 Å². The monoisotopic (exact) mass is 199 g/mol. The van der Waals surface area contributed by atoms with Crippen LogP contribution in [0.15, 0.2) is 0 Å². The van der Waals surface area contributed by atoms with Gasteiger partial charge in [0.1, 0.15) is 0 Å². The summed E-state index contributed by atoms with van der Waals surface area (Å²) < 4.78 is 5.24. The van der Waals surface area contributed by atoms with Crippen molar-refractivity contribution < 1.29 is 4.74 Å². The molecule has 0 aliphatic heterocycles. The van der Waals surface area contributed by atoms with Crippen molar-refractivity contribution in [3.63, 3.8) is 0 Å². The van der Waals surface area contributed by atoms with Crippen molar-refractivity contribution in [1.82, 2.24) is 5.32 Å². The van der Waals surface area contributed by atoms with Crippen LogP contribution in [0, 0.1) is 11.8 Å². The predicted octanol–water partition coefficient (Wildman–Crippen LogP) is 2.44. The highest BCUT2D eigenvalue weighted by atomic mass is 16.5. The molecule has 0 aromatic heterocycles. The van der Waals surface area contributed by atoms with Gasteiger partial charge in [-0.1, -0.05) is 13.8 Å². The Labute approximate surface area is 88.4 Å². The normalized spacial score (nSPS) is 35.6. The third kappa shape index (κ3) is 3.58. The first-order chi connectivity index (χ1) is 6.63. The molecule has 0 amide bonds. The minimum absolute atomic E-state index is 0.335. The average Bonchev–Trinajstić information content (AvgIpc) is 2.16. The molecule has 4 unspecified atom stereocenters. The fourth-order valence-corrected chi connectivity index (χ4v) is 2.37. The van der Waals surface area contributed by atoms with E-state index in [-0.39, 0.29) is 0 Å². The number of ether oxygens (including phenoxy) is 1. The molecular weight excluding hydrogens is 174 g/mol. The lowest BCUT2D eigenvalue weighted by Gasteiger charge is -2.33. The maximum absolute atomic E-state index is 5.24. The van der Waals surface area contributed by atoms with Gasteiger partial charge in [-0.05, 0) is 38.0 Å². The molecule has 1 saturated carbocycles. The van der Waals surface area contributed by atoms with Crippen LogP contribution in [0.5, 0.6) is 0 Å². The molecule has 1 rings (SSSR count). The van der Waals surface area contributed by atoms with Gasteiger partial charge in [-0.25, -0.2) is 0 Å². The number of rotatable bonds is 4. The second-order valence-electron chi connectivity index (χ2n) is 4.96. The molecular formula is C12H25NO. The molecule has 14 heavy (non-hydrogen) atoms. The van der Waals surface area contributed by atoms with E-state index in [0.29, 0.717) is 12.1 Å². The fraction of sp³-hybridized carbons (Fsp3) is 1.00. The number of nitrogens with one attached hydrogen (secondary N) is 1. The van der Waals surface area contributed by atoms with Crippen LogP contribution >= 0.6 is 0 Å². The van der Waals surface area contributed by atoms with Crippen LogP contribution < -0.4 is 5.32 Å². The molecule has 2 nitrogen and oxygen atoms in total. The largest absolute Gasteiger partial charge is 0.380 e. The molecule has 1 N–H and O–H groups in total. The molecule has 0 aromatic rings. The van der Waals surface area contributed by atoms with Gasteiger partial charge in [-0.2, -0.15) is 0 Å². The SMILES string of the molecule is COC(C)CNC1CCC(C)CC1C. The van der Waals surface area contributed by atoms with E-state index in [4.69, 9.17) is 4.74 Å². The van der Waals surface area contributed by atoms with Crippen LogP contribution in [-0.4, -0.2) is 25.8 Å². The third-order valence-corrected chi connectivity index (χ3v) is 3.50. The van der Waals surface area contributed by atoms with E-state index in [0.717, 1.165) is 18.4 Å². The maximum atomic E-state index is 5.24. The van der Waals surface area contributed by atoms with Crippen LogP contribution in [0.3, 0.4) is 0 Å². The first kappa shape index (κ1) is 12.0. The van der Waals surface area contributed by atoms with E-state index in [1.54, 1.807) is 7.11 Å². The summed E-state index contributed by atoms with van der Waals surface area (Å²) in [6.45, 7) is 7.83. The Bertz CT molecular complexity index is 160. The molecule has 84 valence electrons. The Morgan fingerprint density at radius 2 is 2.07 bits per heavy atom. The number of hydrogen-bond donors (Lipinski definition) is 1. The summed E-state index contributed by atoms with van der Waals surface area (Å²) in [5.41, 5.74) is 0. The van der Waals surface area contributed by atoms with Crippen molar-refractivity contribution >= 4 is 0 Å². The topological polar surface area (TPSA) is 21.3 Å². The summed E-state index contributed by atoms with van der Waals surface area (Å²) in [5, 5.41) is 3.62. The molecule has 1 aliphatic rings. The summed E-state index contributed by atoms with van der Waals surface area (Å²) in [6, 6.07) is 0.712. The van der Waals surface area contributed by atoms with Crippen molar-refractivity contribution in [3.05, 3.63) is 0 Å². The molecule has 0 aromatic carbocycles.